The van der Waals surface area contributed by atoms with Crippen molar-refractivity contribution < 1.29 is 9.53 Å². The summed E-state index contributed by atoms with van der Waals surface area (Å²) in [5, 5.41) is 4.22. The minimum Gasteiger partial charge on any atom is -0.471 e. The molecule has 5 heterocycles. The molecule has 0 N–H and O–H groups in total. The molecule has 9 heteroatoms. The number of rotatable bonds is 4. The summed E-state index contributed by atoms with van der Waals surface area (Å²) < 4.78 is 7.91. The maximum absolute atomic E-state index is 13.5. The van der Waals surface area contributed by atoms with E-state index >= 15 is 0 Å². The van der Waals surface area contributed by atoms with E-state index in [-0.39, 0.29) is 18.1 Å². The lowest BCUT2D eigenvalue weighted by Crippen LogP contribution is -2.49. The first-order valence-corrected chi connectivity index (χ1v) is 10.2. The number of ether oxygens (including phenoxy) is 1. The Morgan fingerprint density at radius 1 is 1.00 bits per heavy atom. The predicted molar refractivity (Wildman–Crippen MR) is 112 cm³/mol. The highest BCUT2D eigenvalue weighted by Crippen LogP contribution is 2.26. The molecule has 0 aromatic carbocycles. The number of carbonyl (C=O) groups is 1. The molecule has 4 aromatic heterocycles. The van der Waals surface area contributed by atoms with E-state index in [4.69, 9.17) is 4.74 Å². The average molecular weight is 415 g/mol. The fourth-order valence-electron chi connectivity index (χ4n) is 3.86. The third-order valence-corrected chi connectivity index (χ3v) is 5.48. The summed E-state index contributed by atoms with van der Waals surface area (Å²) in [6.07, 6.45) is 11.4. The summed E-state index contributed by atoms with van der Waals surface area (Å²) in [6, 6.07) is 7.43. The molecule has 0 radical (unpaired) electrons. The lowest BCUT2D eigenvalue weighted by molar-refractivity contribution is 0.0371. The number of hydrogen-bond donors (Lipinski definition) is 0. The van der Waals surface area contributed by atoms with E-state index in [1.54, 1.807) is 40.4 Å². The summed E-state index contributed by atoms with van der Waals surface area (Å²) in [4.78, 5) is 32.7. The molecule has 0 unspecified atom stereocenters. The number of nitrogens with zero attached hydrogens (tertiary/aromatic N) is 7. The Kier molecular flexibility index (Phi) is 4.99. The third-order valence-electron chi connectivity index (χ3n) is 5.48. The number of aromatic nitrogens is 6. The molecule has 0 saturated carbocycles. The molecule has 0 aliphatic carbocycles. The first kappa shape index (κ1) is 19.1. The standard InChI is InChI=1S/C22H21N7O2/c1-15-5-6-16(31-21-18-7-9-27-29(18)13-12-26-21)14-28(15)22(30)20-19(24-10-11-25-20)17-4-2-3-8-23-17/h2-4,7-13,15-16H,5-6,14H2,1H3/t15-,16-/m1/s1. The number of carbonyl (C=O) groups excluding carboxylic acids is 1. The van der Waals surface area contributed by atoms with Crippen molar-refractivity contribution in [1.82, 2.24) is 34.4 Å². The maximum atomic E-state index is 13.5. The molecule has 1 amide bonds. The van der Waals surface area contributed by atoms with E-state index in [9.17, 15) is 4.79 Å². The zero-order chi connectivity index (χ0) is 21.2. The molecule has 2 atom stereocenters. The zero-order valence-corrected chi connectivity index (χ0v) is 17.0. The van der Waals surface area contributed by atoms with Gasteiger partial charge in [-0.2, -0.15) is 5.10 Å². The fourth-order valence-corrected chi connectivity index (χ4v) is 3.86. The Labute approximate surface area is 178 Å². The minimum absolute atomic E-state index is 0.0599. The molecule has 0 bridgehead atoms. The van der Waals surface area contributed by atoms with Crippen LogP contribution in [0.4, 0.5) is 0 Å². The van der Waals surface area contributed by atoms with Crippen LogP contribution >= 0.6 is 0 Å². The van der Waals surface area contributed by atoms with Crippen LogP contribution in [0.3, 0.4) is 0 Å². The number of likely N-dealkylation sites (tertiary alicyclic amines) is 1. The van der Waals surface area contributed by atoms with Gasteiger partial charge in [0, 0.05) is 37.0 Å². The summed E-state index contributed by atoms with van der Waals surface area (Å²) >= 11 is 0. The van der Waals surface area contributed by atoms with Crippen molar-refractivity contribution in [3.8, 4) is 17.3 Å². The van der Waals surface area contributed by atoms with E-state index in [0.717, 1.165) is 18.4 Å². The second-order valence-electron chi connectivity index (χ2n) is 7.49. The van der Waals surface area contributed by atoms with Crippen molar-refractivity contribution in [2.75, 3.05) is 6.54 Å². The molecule has 5 rings (SSSR count). The van der Waals surface area contributed by atoms with Gasteiger partial charge in [-0.3, -0.25) is 14.8 Å². The smallest absolute Gasteiger partial charge is 0.275 e. The molecule has 9 nitrogen and oxygen atoms in total. The molecular formula is C22H21N7O2. The lowest BCUT2D eigenvalue weighted by Gasteiger charge is -2.37. The average Bonchev–Trinajstić information content (AvgIpc) is 3.30. The Bertz CT molecular complexity index is 1210. The normalized spacial score (nSPS) is 18.8. The van der Waals surface area contributed by atoms with Gasteiger partial charge in [0.1, 0.15) is 17.3 Å². The highest BCUT2D eigenvalue weighted by atomic mass is 16.5. The number of pyridine rings is 1. The van der Waals surface area contributed by atoms with Crippen LogP contribution in [0.2, 0.25) is 0 Å². The lowest BCUT2D eigenvalue weighted by atomic mass is 10.00. The van der Waals surface area contributed by atoms with Gasteiger partial charge >= 0.3 is 0 Å². The van der Waals surface area contributed by atoms with E-state index < -0.39 is 0 Å². The first-order valence-electron chi connectivity index (χ1n) is 10.2. The van der Waals surface area contributed by atoms with Crippen LogP contribution in [0, 0.1) is 0 Å². The Morgan fingerprint density at radius 3 is 2.77 bits per heavy atom. The second kappa shape index (κ2) is 8.10. The van der Waals surface area contributed by atoms with E-state index in [0.29, 0.717) is 29.5 Å². The van der Waals surface area contributed by atoms with E-state index in [1.165, 1.54) is 6.20 Å². The molecule has 1 aliphatic rings. The van der Waals surface area contributed by atoms with Gasteiger partial charge in [0.15, 0.2) is 5.69 Å². The van der Waals surface area contributed by atoms with Gasteiger partial charge in [-0.25, -0.2) is 14.5 Å². The zero-order valence-electron chi connectivity index (χ0n) is 17.0. The van der Waals surface area contributed by atoms with Crippen LogP contribution in [0.5, 0.6) is 5.88 Å². The second-order valence-corrected chi connectivity index (χ2v) is 7.49. The quantitative estimate of drug-likeness (QED) is 0.505. The van der Waals surface area contributed by atoms with Crippen LogP contribution in [-0.4, -0.2) is 59.0 Å². The molecule has 1 aliphatic heterocycles. The summed E-state index contributed by atoms with van der Waals surface area (Å²) in [5.74, 6) is 0.339. The molecule has 0 spiro atoms. The maximum Gasteiger partial charge on any atom is 0.275 e. The van der Waals surface area contributed by atoms with Gasteiger partial charge in [0.2, 0.25) is 5.88 Å². The molecular weight excluding hydrogens is 394 g/mol. The molecule has 1 fully saturated rings. The largest absolute Gasteiger partial charge is 0.471 e. The first-order chi connectivity index (χ1) is 15.2. The van der Waals surface area contributed by atoms with Gasteiger partial charge in [-0.15, -0.1) is 0 Å². The van der Waals surface area contributed by atoms with Crippen LogP contribution in [0.15, 0.2) is 61.4 Å². The van der Waals surface area contributed by atoms with Crippen LogP contribution in [0.1, 0.15) is 30.3 Å². The Hall–Kier alpha value is -3.88. The monoisotopic (exact) mass is 415 g/mol. The van der Waals surface area contributed by atoms with Gasteiger partial charge in [-0.1, -0.05) is 6.07 Å². The van der Waals surface area contributed by atoms with Crippen molar-refractivity contribution in [2.45, 2.75) is 31.9 Å². The van der Waals surface area contributed by atoms with Gasteiger partial charge < -0.3 is 9.64 Å². The van der Waals surface area contributed by atoms with Crippen molar-refractivity contribution in [1.29, 1.82) is 0 Å². The van der Waals surface area contributed by atoms with Gasteiger partial charge in [-0.05, 0) is 38.0 Å². The van der Waals surface area contributed by atoms with E-state index in [1.807, 2.05) is 31.2 Å². The Morgan fingerprint density at radius 2 is 1.90 bits per heavy atom. The van der Waals surface area contributed by atoms with Crippen molar-refractivity contribution >= 4 is 11.4 Å². The summed E-state index contributed by atoms with van der Waals surface area (Å²) in [5.41, 5.74) is 2.19. The summed E-state index contributed by atoms with van der Waals surface area (Å²) in [6.45, 7) is 2.48. The Balaban J connectivity index is 1.40. The molecule has 156 valence electrons. The highest BCUT2D eigenvalue weighted by molar-refractivity contribution is 5.97. The molecule has 31 heavy (non-hydrogen) atoms. The summed E-state index contributed by atoms with van der Waals surface area (Å²) in [7, 11) is 0. The van der Waals surface area contributed by atoms with Crippen molar-refractivity contribution in [2.24, 2.45) is 0 Å². The molecule has 1 saturated heterocycles. The number of piperidine rings is 1. The number of hydrogen-bond acceptors (Lipinski definition) is 7. The van der Waals surface area contributed by atoms with Crippen LogP contribution in [0.25, 0.3) is 16.9 Å². The van der Waals surface area contributed by atoms with Gasteiger partial charge in [0.25, 0.3) is 5.91 Å². The minimum atomic E-state index is -0.177. The predicted octanol–water partition coefficient (Wildman–Crippen LogP) is 2.65. The number of fused-ring (bicyclic) bond motifs is 1. The van der Waals surface area contributed by atoms with Crippen LogP contribution < -0.4 is 4.74 Å². The number of amides is 1. The van der Waals surface area contributed by atoms with Gasteiger partial charge in [0.05, 0.1) is 18.4 Å². The van der Waals surface area contributed by atoms with Crippen molar-refractivity contribution in [3.05, 3.63) is 67.1 Å². The molecule has 4 aromatic rings. The third kappa shape index (κ3) is 3.70. The topological polar surface area (TPSA) is 98.4 Å². The van der Waals surface area contributed by atoms with Crippen molar-refractivity contribution in [3.63, 3.8) is 0 Å². The van der Waals surface area contributed by atoms with E-state index in [2.05, 4.69) is 25.0 Å². The van der Waals surface area contributed by atoms with Crippen LogP contribution in [-0.2, 0) is 0 Å². The highest BCUT2D eigenvalue weighted by Gasteiger charge is 2.33. The fraction of sp³-hybridized carbons (Fsp3) is 0.273. The SMILES string of the molecule is C[C@@H]1CC[C@@H](Oc2nccn3nccc23)CN1C(=O)c1nccnc1-c1ccccn1.